The zero-order valence-corrected chi connectivity index (χ0v) is 9.17. The summed E-state index contributed by atoms with van der Waals surface area (Å²) in [4.78, 5) is 13.8. The summed E-state index contributed by atoms with van der Waals surface area (Å²) < 4.78 is 0. The normalized spacial score (nSPS) is 16.5. The van der Waals surface area contributed by atoms with Crippen molar-refractivity contribution >= 4 is 17.3 Å². The highest BCUT2D eigenvalue weighted by atomic mass is 16.6. The number of hydrogen-bond acceptors (Lipinski definition) is 6. The molecule has 1 aromatic heterocycles. The van der Waals surface area contributed by atoms with Crippen LogP contribution in [0.5, 0.6) is 0 Å². The lowest BCUT2D eigenvalue weighted by Crippen LogP contribution is -2.21. The molecule has 0 aliphatic heterocycles. The topological polar surface area (TPSA) is 114 Å². The fraction of sp³-hybridized carbons (Fsp3) is 0.500. The van der Waals surface area contributed by atoms with E-state index < -0.39 is 11.0 Å². The van der Waals surface area contributed by atoms with Crippen molar-refractivity contribution in [1.29, 1.82) is 0 Å². The van der Waals surface area contributed by atoms with Crippen LogP contribution in [0.2, 0.25) is 0 Å². The monoisotopic (exact) mass is 238 g/mol. The van der Waals surface area contributed by atoms with Gasteiger partial charge in [-0.25, -0.2) is 4.98 Å². The highest BCUT2D eigenvalue weighted by molar-refractivity contribution is 5.57. The molecule has 1 unspecified atom stereocenters. The molecule has 2 rings (SSSR count). The van der Waals surface area contributed by atoms with Crippen molar-refractivity contribution < 1.29 is 10.0 Å². The van der Waals surface area contributed by atoms with E-state index in [-0.39, 0.29) is 11.5 Å². The first-order chi connectivity index (χ1) is 8.08. The van der Waals surface area contributed by atoms with Gasteiger partial charge in [0.05, 0.1) is 11.0 Å². The van der Waals surface area contributed by atoms with Gasteiger partial charge in [0.25, 0.3) is 0 Å². The third-order valence-corrected chi connectivity index (χ3v) is 2.76. The van der Waals surface area contributed by atoms with Crippen molar-refractivity contribution in [2.45, 2.75) is 18.9 Å². The predicted octanol–water partition coefficient (Wildman–Crippen LogP) is 0.755. The summed E-state index contributed by atoms with van der Waals surface area (Å²) in [7, 11) is 0. The maximum atomic E-state index is 10.5. The second-order valence-electron chi connectivity index (χ2n) is 4.14. The number of rotatable bonds is 5. The molecule has 1 atom stereocenters. The Bertz CT molecular complexity index is 434. The van der Waals surface area contributed by atoms with Crippen LogP contribution in [0.4, 0.5) is 17.3 Å². The number of nitrogen functional groups attached to an aromatic ring is 1. The lowest BCUT2D eigenvalue weighted by molar-refractivity contribution is -0.384. The minimum absolute atomic E-state index is 0.124. The smallest absolute Gasteiger partial charge is 0.311 e. The van der Waals surface area contributed by atoms with Gasteiger partial charge in [-0.05, 0) is 24.8 Å². The molecule has 1 heterocycles. The molecule has 4 N–H and O–H groups in total. The third-order valence-electron chi connectivity index (χ3n) is 2.76. The van der Waals surface area contributed by atoms with E-state index >= 15 is 0 Å². The van der Waals surface area contributed by atoms with Crippen molar-refractivity contribution in [3.8, 4) is 0 Å². The van der Waals surface area contributed by atoms with Gasteiger partial charge in [-0.2, -0.15) is 0 Å². The van der Waals surface area contributed by atoms with Crippen molar-refractivity contribution in [2.75, 3.05) is 17.6 Å². The highest BCUT2D eigenvalue weighted by Gasteiger charge is 2.29. The quantitative estimate of drug-likeness (QED) is 0.515. The van der Waals surface area contributed by atoms with E-state index in [9.17, 15) is 15.2 Å². The van der Waals surface area contributed by atoms with Crippen molar-refractivity contribution in [3.05, 3.63) is 22.2 Å². The van der Waals surface area contributed by atoms with E-state index in [2.05, 4.69) is 10.3 Å². The van der Waals surface area contributed by atoms with Crippen molar-refractivity contribution in [2.24, 2.45) is 5.92 Å². The summed E-state index contributed by atoms with van der Waals surface area (Å²) in [5.74, 6) is 0.687. The molecule has 1 aliphatic rings. The molecular weight excluding hydrogens is 224 g/mol. The summed E-state index contributed by atoms with van der Waals surface area (Å²) in [5, 5.41) is 23.1. The molecule has 7 heteroatoms. The standard InChI is InChI=1S/C10H14N4O3/c11-10-7(14(16)17)3-4-9(13-10)12-5-8(15)6-1-2-6/h3-4,6,8,15H,1-2,5H2,(H3,11,12,13). The van der Waals surface area contributed by atoms with E-state index in [4.69, 9.17) is 5.73 Å². The van der Waals surface area contributed by atoms with E-state index in [1.54, 1.807) is 0 Å². The SMILES string of the molecule is Nc1nc(NCC(O)C2CC2)ccc1[N+](=O)[O-]. The average molecular weight is 238 g/mol. The molecule has 0 radical (unpaired) electrons. The van der Waals surface area contributed by atoms with Crippen molar-refractivity contribution in [3.63, 3.8) is 0 Å². The van der Waals surface area contributed by atoms with E-state index in [1.807, 2.05) is 0 Å². The van der Waals surface area contributed by atoms with Crippen LogP contribution in [-0.2, 0) is 0 Å². The predicted molar refractivity (Wildman–Crippen MR) is 62.5 cm³/mol. The van der Waals surface area contributed by atoms with Gasteiger partial charge in [-0.15, -0.1) is 0 Å². The molecule has 92 valence electrons. The third kappa shape index (κ3) is 2.82. The number of nitrogens with zero attached hydrogens (tertiary/aromatic N) is 2. The van der Waals surface area contributed by atoms with Gasteiger partial charge < -0.3 is 16.2 Å². The second kappa shape index (κ2) is 4.54. The maximum Gasteiger partial charge on any atom is 0.311 e. The minimum atomic E-state index is -0.578. The number of nitrogens with two attached hydrogens (primary N) is 1. The van der Waals surface area contributed by atoms with Crippen LogP contribution in [-0.4, -0.2) is 27.7 Å². The summed E-state index contributed by atoms with van der Waals surface area (Å²) in [6.45, 7) is 0.384. The zero-order chi connectivity index (χ0) is 12.4. The molecule has 0 amide bonds. The van der Waals surface area contributed by atoms with Gasteiger partial charge in [-0.1, -0.05) is 0 Å². The van der Waals surface area contributed by atoms with Crippen LogP contribution >= 0.6 is 0 Å². The Labute approximate surface area is 97.8 Å². The number of hydrogen-bond donors (Lipinski definition) is 3. The van der Waals surface area contributed by atoms with Crippen LogP contribution in [0.1, 0.15) is 12.8 Å². The molecular formula is C10H14N4O3. The second-order valence-corrected chi connectivity index (χ2v) is 4.14. The van der Waals surface area contributed by atoms with Gasteiger partial charge >= 0.3 is 5.69 Å². The van der Waals surface area contributed by atoms with E-state index in [0.29, 0.717) is 18.3 Å². The molecule has 1 saturated carbocycles. The van der Waals surface area contributed by atoms with Crippen LogP contribution in [0, 0.1) is 16.0 Å². The number of anilines is 2. The number of nitro groups is 1. The first-order valence-corrected chi connectivity index (χ1v) is 5.41. The van der Waals surface area contributed by atoms with Gasteiger partial charge in [-0.3, -0.25) is 10.1 Å². The summed E-state index contributed by atoms with van der Waals surface area (Å²) in [6.07, 6.45) is 1.71. The first kappa shape index (κ1) is 11.6. The lowest BCUT2D eigenvalue weighted by atomic mass is 10.2. The van der Waals surface area contributed by atoms with Crippen LogP contribution in [0.3, 0.4) is 0 Å². The van der Waals surface area contributed by atoms with Gasteiger partial charge in [0.2, 0.25) is 5.82 Å². The number of pyridine rings is 1. The van der Waals surface area contributed by atoms with Crippen LogP contribution < -0.4 is 11.1 Å². The lowest BCUT2D eigenvalue weighted by Gasteiger charge is -2.11. The first-order valence-electron chi connectivity index (χ1n) is 5.41. The van der Waals surface area contributed by atoms with E-state index in [0.717, 1.165) is 12.8 Å². The Hall–Kier alpha value is -1.89. The van der Waals surface area contributed by atoms with Gasteiger partial charge in [0.15, 0.2) is 0 Å². The number of aliphatic hydroxyl groups excluding tert-OH is 1. The molecule has 1 fully saturated rings. The Kier molecular flexibility index (Phi) is 3.10. The molecule has 1 aliphatic carbocycles. The summed E-state index contributed by atoms with van der Waals surface area (Å²) in [5.41, 5.74) is 5.24. The average Bonchev–Trinajstić information content (AvgIpc) is 3.09. The molecule has 0 aromatic carbocycles. The highest BCUT2D eigenvalue weighted by Crippen LogP contribution is 2.32. The number of nitrogens with one attached hydrogen (secondary N) is 1. The summed E-state index contributed by atoms with van der Waals surface area (Å²) in [6, 6.07) is 2.78. The maximum absolute atomic E-state index is 10.5. The summed E-state index contributed by atoms with van der Waals surface area (Å²) >= 11 is 0. The molecule has 1 aromatic rings. The molecule has 0 bridgehead atoms. The van der Waals surface area contributed by atoms with Crippen LogP contribution in [0.25, 0.3) is 0 Å². The Morgan fingerprint density at radius 1 is 1.65 bits per heavy atom. The molecule has 0 spiro atoms. The fourth-order valence-electron chi connectivity index (χ4n) is 1.58. The number of aromatic nitrogens is 1. The van der Waals surface area contributed by atoms with Crippen molar-refractivity contribution in [1.82, 2.24) is 4.98 Å². The van der Waals surface area contributed by atoms with Gasteiger partial charge in [0, 0.05) is 12.6 Å². The minimum Gasteiger partial charge on any atom is -0.391 e. The largest absolute Gasteiger partial charge is 0.391 e. The van der Waals surface area contributed by atoms with Gasteiger partial charge in [0.1, 0.15) is 5.82 Å². The molecule has 17 heavy (non-hydrogen) atoms. The zero-order valence-electron chi connectivity index (χ0n) is 9.17. The Morgan fingerprint density at radius 2 is 2.35 bits per heavy atom. The molecule has 0 saturated heterocycles. The van der Waals surface area contributed by atoms with Crippen LogP contribution in [0.15, 0.2) is 12.1 Å². The Morgan fingerprint density at radius 3 is 2.88 bits per heavy atom. The molecule has 7 nitrogen and oxygen atoms in total. The van der Waals surface area contributed by atoms with E-state index in [1.165, 1.54) is 12.1 Å². The fourth-order valence-corrected chi connectivity index (χ4v) is 1.58. The number of aliphatic hydroxyl groups is 1. The Balaban J connectivity index is 1.97.